The van der Waals surface area contributed by atoms with Gasteiger partial charge in [0.25, 0.3) is 0 Å². The van der Waals surface area contributed by atoms with Crippen LogP contribution < -0.4 is 0 Å². The van der Waals surface area contributed by atoms with Crippen LogP contribution in [0.5, 0.6) is 0 Å². The first-order chi connectivity index (χ1) is 8.67. The lowest BCUT2D eigenvalue weighted by atomic mass is 10.2. The van der Waals surface area contributed by atoms with Crippen LogP contribution >= 0.6 is 0 Å². The van der Waals surface area contributed by atoms with E-state index in [0.29, 0.717) is 5.75 Å². The Balaban J connectivity index is 2.51. The highest BCUT2D eigenvalue weighted by atomic mass is 32.2. The monoisotopic (exact) mass is 265 g/mol. The Bertz CT molecular complexity index is 396. The van der Waals surface area contributed by atoms with Crippen LogP contribution in [0.15, 0.2) is 46.9 Å². The fourth-order valence-corrected chi connectivity index (χ4v) is 2.84. The largest absolute Gasteiger partial charge is 0.300 e. The third-order valence-electron chi connectivity index (χ3n) is 2.96. The van der Waals surface area contributed by atoms with E-state index in [1.54, 1.807) is 0 Å². The van der Waals surface area contributed by atoms with Gasteiger partial charge in [-0.25, -0.2) is 0 Å². The Morgan fingerprint density at radius 2 is 1.83 bits per heavy atom. The molecule has 0 aliphatic heterocycles. The van der Waals surface area contributed by atoms with Gasteiger partial charge in [0, 0.05) is 17.2 Å². The molecule has 0 N–H and O–H groups in total. The van der Waals surface area contributed by atoms with Crippen LogP contribution in [0.1, 0.15) is 20.8 Å². The summed E-state index contributed by atoms with van der Waals surface area (Å²) in [7, 11) is -0.918. The Morgan fingerprint density at radius 1 is 1.22 bits per heavy atom. The molecule has 0 aromatic heterocycles. The van der Waals surface area contributed by atoms with Gasteiger partial charge in [-0.1, -0.05) is 43.7 Å². The maximum atomic E-state index is 12.0. The van der Waals surface area contributed by atoms with Crippen LogP contribution in [-0.4, -0.2) is 34.5 Å². The smallest absolute Gasteiger partial charge is 0.0568 e. The zero-order valence-electron chi connectivity index (χ0n) is 11.6. The molecule has 0 aliphatic carbocycles. The van der Waals surface area contributed by atoms with E-state index < -0.39 is 10.8 Å². The van der Waals surface area contributed by atoms with Gasteiger partial charge in [0.15, 0.2) is 0 Å². The molecule has 1 aromatic carbocycles. The van der Waals surface area contributed by atoms with Gasteiger partial charge in [-0.15, -0.1) is 0 Å². The number of rotatable bonds is 7. The zero-order chi connectivity index (χ0) is 13.4. The van der Waals surface area contributed by atoms with E-state index in [2.05, 4.69) is 31.7 Å². The van der Waals surface area contributed by atoms with Gasteiger partial charge in [-0.05, 0) is 32.1 Å². The predicted molar refractivity (Wildman–Crippen MR) is 79.3 cm³/mol. The fourth-order valence-electron chi connectivity index (χ4n) is 1.75. The molecule has 18 heavy (non-hydrogen) atoms. The minimum Gasteiger partial charge on any atom is -0.300 e. The second-order valence-corrected chi connectivity index (χ2v) is 5.83. The Labute approximate surface area is 113 Å². The van der Waals surface area contributed by atoms with E-state index in [0.717, 1.165) is 24.5 Å². The lowest BCUT2D eigenvalue weighted by molar-refractivity contribution is 0.330. The maximum absolute atomic E-state index is 12.0. The maximum Gasteiger partial charge on any atom is 0.0568 e. The van der Waals surface area contributed by atoms with Gasteiger partial charge in [-0.3, -0.25) is 9.11 Å². The number of benzene rings is 1. The molecular weight excluding hydrogens is 242 g/mol. The van der Waals surface area contributed by atoms with Crippen molar-refractivity contribution in [1.29, 1.82) is 0 Å². The number of hydrogen-bond acceptors (Lipinski definition) is 2. The van der Waals surface area contributed by atoms with Gasteiger partial charge < -0.3 is 0 Å². The number of likely N-dealkylation sites (N-methyl/N-ethyl adjacent to an activating group) is 1. The van der Waals surface area contributed by atoms with Crippen LogP contribution in [0.4, 0.5) is 0 Å². The van der Waals surface area contributed by atoms with Gasteiger partial charge in [-0.2, -0.15) is 0 Å². The average Bonchev–Trinajstić information content (AvgIpc) is 2.43. The first-order valence-corrected chi connectivity index (χ1v) is 7.80. The van der Waals surface area contributed by atoms with Crippen LogP contribution in [-0.2, 0) is 10.8 Å². The lowest BCUT2D eigenvalue weighted by Gasteiger charge is -2.18. The van der Waals surface area contributed by atoms with E-state index in [1.165, 1.54) is 5.57 Å². The third kappa shape index (κ3) is 5.15. The van der Waals surface area contributed by atoms with E-state index in [9.17, 15) is 4.21 Å². The molecule has 0 aliphatic rings. The molecule has 3 heteroatoms. The van der Waals surface area contributed by atoms with Gasteiger partial charge in [0.05, 0.1) is 10.8 Å². The van der Waals surface area contributed by atoms with Gasteiger partial charge in [0.1, 0.15) is 0 Å². The van der Waals surface area contributed by atoms with E-state index in [-0.39, 0.29) is 0 Å². The van der Waals surface area contributed by atoms with Crippen molar-refractivity contribution in [2.24, 2.45) is 0 Å². The number of hydrogen-bond donors (Lipinski definition) is 0. The SMILES string of the molecule is CCN(CC)C/C(C)=C/CS(=O)c1ccccc1. The van der Waals surface area contributed by atoms with Gasteiger partial charge in [0.2, 0.25) is 0 Å². The van der Waals surface area contributed by atoms with Crippen molar-refractivity contribution < 1.29 is 4.21 Å². The van der Waals surface area contributed by atoms with Crippen molar-refractivity contribution in [3.05, 3.63) is 42.0 Å². The standard InChI is InChI=1S/C15H23NOS/c1-4-16(5-2)13-14(3)11-12-18(17)15-9-7-6-8-10-15/h6-11H,4-5,12-13H2,1-3H3/b14-11+. The summed E-state index contributed by atoms with van der Waals surface area (Å²) >= 11 is 0. The molecule has 0 saturated heterocycles. The predicted octanol–water partition coefficient (Wildman–Crippen LogP) is 3.08. The zero-order valence-corrected chi connectivity index (χ0v) is 12.4. The summed E-state index contributed by atoms with van der Waals surface area (Å²) < 4.78 is 12.0. The second-order valence-electron chi connectivity index (χ2n) is 4.34. The number of nitrogens with zero attached hydrogens (tertiary/aromatic N) is 1. The third-order valence-corrected chi connectivity index (χ3v) is 4.22. The summed E-state index contributed by atoms with van der Waals surface area (Å²) in [5.41, 5.74) is 1.29. The first kappa shape index (κ1) is 15.1. The summed E-state index contributed by atoms with van der Waals surface area (Å²) in [6, 6.07) is 9.65. The highest BCUT2D eigenvalue weighted by Gasteiger charge is 2.03. The highest BCUT2D eigenvalue weighted by Crippen LogP contribution is 2.07. The van der Waals surface area contributed by atoms with Crippen molar-refractivity contribution in [3.8, 4) is 0 Å². The van der Waals surface area contributed by atoms with Crippen molar-refractivity contribution in [2.45, 2.75) is 25.7 Å². The fraction of sp³-hybridized carbons (Fsp3) is 0.467. The molecule has 100 valence electrons. The topological polar surface area (TPSA) is 20.3 Å². The van der Waals surface area contributed by atoms with Crippen molar-refractivity contribution in [1.82, 2.24) is 4.90 Å². The average molecular weight is 265 g/mol. The summed E-state index contributed by atoms with van der Waals surface area (Å²) in [6.45, 7) is 9.53. The molecule has 1 aromatic rings. The van der Waals surface area contributed by atoms with E-state index in [1.807, 2.05) is 30.3 Å². The summed E-state index contributed by atoms with van der Waals surface area (Å²) in [6.07, 6.45) is 2.10. The summed E-state index contributed by atoms with van der Waals surface area (Å²) in [4.78, 5) is 3.27. The van der Waals surface area contributed by atoms with E-state index in [4.69, 9.17) is 0 Å². The first-order valence-electron chi connectivity index (χ1n) is 6.48. The molecular formula is C15H23NOS. The van der Waals surface area contributed by atoms with Gasteiger partial charge >= 0.3 is 0 Å². The molecule has 0 bridgehead atoms. The molecule has 1 rings (SSSR count). The lowest BCUT2D eigenvalue weighted by Crippen LogP contribution is -2.24. The molecule has 1 atom stereocenters. The molecule has 0 saturated carbocycles. The quantitative estimate of drug-likeness (QED) is 0.706. The molecule has 0 amide bonds. The summed E-state index contributed by atoms with van der Waals surface area (Å²) in [5.74, 6) is 0.608. The van der Waals surface area contributed by atoms with Crippen molar-refractivity contribution in [2.75, 3.05) is 25.4 Å². The second kappa shape index (κ2) is 8.22. The minimum absolute atomic E-state index is 0.608. The molecule has 2 nitrogen and oxygen atoms in total. The molecule has 0 radical (unpaired) electrons. The van der Waals surface area contributed by atoms with Crippen LogP contribution in [0, 0.1) is 0 Å². The van der Waals surface area contributed by atoms with Crippen molar-refractivity contribution in [3.63, 3.8) is 0 Å². The normalized spacial score (nSPS) is 13.9. The Morgan fingerprint density at radius 3 is 2.39 bits per heavy atom. The van der Waals surface area contributed by atoms with Crippen LogP contribution in [0.2, 0.25) is 0 Å². The molecule has 0 spiro atoms. The molecule has 0 heterocycles. The van der Waals surface area contributed by atoms with Crippen LogP contribution in [0.3, 0.4) is 0 Å². The Kier molecular flexibility index (Phi) is 6.91. The summed E-state index contributed by atoms with van der Waals surface area (Å²) in [5, 5.41) is 0. The van der Waals surface area contributed by atoms with E-state index >= 15 is 0 Å². The molecule has 0 fully saturated rings. The highest BCUT2D eigenvalue weighted by molar-refractivity contribution is 7.85. The molecule has 1 unspecified atom stereocenters. The van der Waals surface area contributed by atoms with Crippen molar-refractivity contribution >= 4 is 10.8 Å². The minimum atomic E-state index is -0.918. The Hall–Kier alpha value is -0.930. The van der Waals surface area contributed by atoms with Crippen LogP contribution in [0.25, 0.3) is 0 Å².